The van der Waals surface area contributed by atoms with Crippen LogP contribution in [0.4, 0.5) is 0 Å². The number of nitrogens with zero attached hydrogens (tertiary/aromatic N) is 3. The number of carboxylic acids is 1. The second-order valence-electron chi connectivity index (χ2n) is 4.55. The summed E-state index contributed by atoms with van der Waals surface area (Å²) in [7, 11) is 3.03. The van der Waals surface area contributed by atoms with Gasteiger partial charge in [-0.2, -0.15) is 4.98 Å². The Kier molecular flexibility index (Phi) is 4.56. The normalized spacial score (nSPS) is 12.1. The molecule has 1 atom stereocenters. The Labute approximate surface area is 125 Å². The minimum absolute atomic E-state index is 0.0609. The molecule has 9 nitrogen and oxygen atoms in total. The third-order valence-corrected chi connectivity index (χ3v) is 2.95. The molecule has 1 N–H and O–H groups in total. The van der Waals surface area contributed by atoms with Gasteiger partial charge in [0, 0.05) is 14.2 Å². The number of furan rings is 1. The number of carbonyl (C=O) groups excluding carboxylic acids is 1. The lowest BCUT2D eigenvalue weighted by molar-refractivity contribution is 0.0651. The highest BCUT2D eigenvalue weighted by Crippen LogP contribution is 2.14. The first-order chi connectivity index (χ1) is 10.4. The first-order valence-corrected chi connectivity index (χ1v) is 6.36. The minimum Gasteiger partial charge on any atom is -0.475 e. The number of methoxy groups -OCH3 is 1. The molecule has 0 aliphatic carbocycles. The van der Waals surface area contributed by atoms with E-state index in [0.29, 0.717) is 5.82 Å². The van der Waals surface area contributed by atoms with Gasteiger partial charge in [-0.1, -0.05) is 5.16 Å². The van der Waals surface area contributed by atoms with E-state index in [2.05, 4.69) is 10.1 Å². The molecule has 1 amide bonds. The molecule has 2 rings (SSSR count). The van der Waals surface area contributed by atoms with Crippen molar-refractivity contribution in [2.24, 2.45) is 0 Å². The molecule has 0 bridgehead atoms. The second-order valence-corrected chi connectivity index (χ2v) is 4.55. The Bertz CT molecular complexity index is 677. The smallest absolute Gasteiger partial charge is 0.371 e. The highest BCUT2D eigenvalue weighted by Gasteiger charge is 2.21. The van der Waals surface area contributed by atoms with Gasteiger partial charge in [-0.05, 0) is 19.1 Å². The van der Waals surface area contributed by atoms with E-state index in [-0.39, 0.29) is 30.1 Å². The van der Waals surface area contributed by atoms with Gasteiger partial charge in [-0.3, -0.25) is 4.79 Å². The molecule has 118 valence electrons. The Morgan fingerprint density at radius 3 is 2.68 bits per heavy atom. The number of amides is 1. The molecular weight excluding hydrogens is 294 g/mol. The fourth-order valence-electron chi connectivity index (χ4n) is 1.63. The average Bonchev–Trinajstić information content (AvgIpc) is 3.14. The summed E-state index contributed by atoms with van der Waals surface area (Å²) in [6.07, 6.45) is -0.318. The summed E-state index contributed by atoms with van der Waals surface area (Å²) in [5, 5.41) is 12.5. The number of hydrogen-bond acceptors (Lipinski definition) is 7. The van der Waals surface area contributed by atoms with E-state index in [0.717, 1.165) is 0 Å². The lowest BCUT2D eigenvalue weighted by Crippen LogP contribution is -2.26. The fraction of sp³-hybridized carbons (Fsp3) is 0.385. The van der Waals surface area contributed by atoms with Crippen LogP contribution in [0.25, 0.3) is 0 Å². The van der Waals surface area contributed by atoms with Gasteiger partial charge in [0.1, 0.15) is 12.6 Å². The van der Waals surface area contributed by atoms with Crippen LogP contribution in [0.2, 0.25) is 0 Å². The molecule has 0 spiro atoms. The van der Waals surface area contributed by atoms with E-state index in [1.54, 1.807) is 6.92 Å². The van der Waals surface area contributed by atoms with Gasteiger partial charge >= 0.3 is 5.97 Å². The van der Waals surface area contributed by atoms with Crippen LogP contribution in [0.15, 0.2) is 21.1 Å². The van der Waals surface area contributed by atoms with Crippen LogP contribution in [-0.2, 0) is 11.3 Å². The Hall–Kier alpha value is -2.68. The van der Waals surface area contributed by atoms with E-state index in [1.165, 1.54) is 31.2 Å². The van der Waals surface area contributed by atoms with Gasteiger partial charge in [0.2, 0.25) is 11.7 Å². The van der Waals surface area contributed by atoms with E-state index in [1.807, 2.05) is 0 Å². The molecule has 2 heterocycles. The Balaban J connectivity index is 2.04. The summed E-state index contributed by atoms with van der Waals surface area (Å²) in [6, 6.07) is 2.52. The predicted octanol–water partition coefficient (Wildman–Crippen LogP) is 1.34. The van der Waals surface area contributed by atoms with Crippen molar-refractivity contribution in [3.8, 4) is 0 Å². The zero-order valence-corrected chi connectivity index (χ0v) is 12.3. The van der Waals surface area contributed by atoms with Gasteiger partial charge < -0.3 is 23.7 Å². The first-order valence-electron chi connectivity index (χ1n) is 6.36. The van der Waals surface area contributed by atoms with Crippen molar-refractivity contribution in [1.29, 1.82) is 0 Å². The van der Waals surface area contributed by atoms with Crippen molar-refractivity contribution in [1.82, 2.24) is 15.0 Å². The maximum atomic E-state index is 12.1. The molecule has 0 saturated carbocycles. The molecule has 2 aromatic heterocycles. The van der Waals surface area contributed by atoms with Crippen molar-refractivity contribution < 1.29 is 28.4 Å². The monoisotopic (exact) mass is 309 g/mol. The predicted molar refractivity (Wildman–Crippen MR) is 71.2 cm³/mol. The van der Waals surface area contributed by atoms with Crippen LogP contribution in [0.1, 0.15) is 45.9 Å². The van der Waals surface area contributed by atoms with Crippen LogP contribution in [0.3, 0.4) is 0 Å². The van der Waals surface area contributed by atoms with E-state index in [9.17, 15) is 9.59 Å². The summed E-state index contributed by atoms with van der Waals surface area (Å²) in [5.74, 6) is -1.50. The topological polar surface area (TPSA) is 119 Å². The quantitative estimate of drug-likeness (QED) is 0.849. The van der Waals surface area contributed by atoms with Crippen LogP contribution in [-0.4, -0.2) is 46.2 Å². The Morgan fingerprint density at radius 1 is 1.41 bits per heavy atom. The van der Waals surface area contributed by atoms with Crippen molar-refractivity contribution in [2.75, 3.05) is 14.2 Å². The van der Waals surface area contributed by atoms with E-state index >= 15 is 0 Å². The summed E-state index contributed by atoms with van der Waals surface area (Å²) < 4.78 is 15.0. The van der Waals surface area contributed by atoms with E-state index < -0.39 is 11.9 Å². The highest BCUT2D eigenvalue weighted by molar-refractivity contribution is 5.93. The van der Waals surface area contributed by atoms with Gasteiger partial charge in [0.15, 0.2) is 11.6 Å². The maximum absolute atomic E-state index is 12.1. The fourth-order valence-corrected chi connectivity index (χ4v) is 1.63. The standard InChI is InChI=1S/C13H15N3O6/c1-7(20-3)11-14-10(22-15-11)6-16(2)12(17)8-4-5-9(21-8)13(18)19/h4-5,7H,6H2,1-3H3,(H,18,19). The maximum Gasteiger partial charge on any atom is 0.371 e. The molecule has 0 fully saturated rings. The molecule has 0 aromatic carbocycles. The highest BCUT2D eigenvalue weighted by atomic mass is 16.5. The average molecular weight is 309 g/mol. The third-order valence-electron chi connectivity index (χ3n) is 2.95. The van der Waals surface area contributed by atoms with Crippen molar-refractivity contribution in [2.45, 2.75) is 19.6 Å². The minimum atomic E-state index is -1.24. The van der Waals surface area contributed by atoms with Crippen molar-refractivity contribution >= 4 is 11.9 Å². The van der Waals surface area contributed by atoms with Gasteiger partial charge in [0.25, 0.3) is 5.91 Å². The molecule has 1 unspecified atom stereocenters. The SMILES string of the molecule is COC(C)c1noc(CN(C)C(=O)c2ccc(C(=O)O)o2)n1. The molecule has 0 radical (unpaired) electrons. The van der Waals surface area contributed by atoms with Crippen LogP contribution in [0.5, 0.6) is 0 Å². The van der Waals surface area contributed by atoms with Crippen LogP contribution < -0.4 is 0 Å². The van der Waals surface area contributed by atoms with Crippen LogP contribution >= 0.6 is 0 Å². The summed E-state index contributed by atoms with van der Waals surface area (Å²) in [6.45, 7) is 1.82. The number of aromatic nitrogens is 2. The zero-order chi connectivity index (χ0) is 16.3. The summed E-state index contributed by atoms with van der Waals surface area (Å²) in [4.78, 5) is 28.2. The number of aromatic carboxylic acids is 1. The molecular formula is C13H15N3O6. The van der Waals surface area contributed by atoms with Crippen molar-refractivity contribution in [3.05, 3.63) is 35.4 Å². The largest absolute Gasteiger partial charge is 0.475 e. The Morgan fingerprint density at radius 2 is 2.09 bits per heavy atom. The number of carboxylic acid groups (broad SMARTS) is 1. The lowest BCUT2D eigenvalue weighted by Gasteiger charge is -2.12. The van der Waals surface area contributed by atoms with Gasteiger partial charge in [0.05, 0.1) is 0 Å². The molecule has 0 saturated heterocycles. The number of carbonyl (C=O) groups is 2. The molecule has 2 aromatic rings. The number of hydrogen-bond donors (Lipinski definition) is 1. The number of ether oxygens (including phenoxy) is 1. The second kappa shape index (κ2) is 6.39. The van der Waals surface area contributed by atoms with Gasteiger partial charge in [-0.25, -0.2) is 4.79 Å². The van der Waals surface area contributed by atoms with Crippen molar-refractivity contribution in [3.63, 3.8) is 0 Å². The number of rotatable bonds is 6. The molecule has 22 heavy (non-hydrogen) atoms. The molecule has 9 heteroatoms. The lowest BCUT2D eigenvalue weighted by atomic mass is 10.3. The summed E-state index contributed by atoms with van der Waals surface area (Å²) >= 11 is 0. The third kappa shape index (κ3) is 3.31. The van der Waals surface area contributed by atoms with E-state index in [4.69, 9.17) is 18.8 Å². The first kappa shape index (κ1) is 15.7. The molecule has 0 aliphatic rings. The molecule has 0 aliphatic heterocycles. The summed E-state index contributed by atoms with van der Waals surface area (Å²) in [5.41, 5.74) is 0. The van der Waals surface area contributed by atoms with Gasteiger partial charge in [-0.15, -0.1) is 0 Å². The van der Waals surface area contributed by atoms with Crippen LogP contribution in [0, 0.1) is 0 Å². The zero-order valence-electron chi connectivity index (χ0n) is 12.3.